The summed E-state index contributed by atoms with van der Waals surface area (Å²) in [6, 6.07) is 9.58. The summed E-state index contributed by atoms with van der Waals surface area (Å²) in [5.74, 6) is -0.392. The molecule has 2 rings (SSSR count). The molecule has 1 aromatic carbocycles. The van der Waals surface area contributed by atoms with Crippen molar-refractivity contribution in [1.29, 1.82) is 0 Å². The Balaban J connectivity index is 2.34. The molecule has 0 amide bonds. The Kier molecular flexibility index (Phi) is 3.81. The lowest BCUT2D eigenvalue weighted by Crippen LogP contribution is -2.05. The maximum Gasteiger partial charge on any atom is 0.358 e. The van der Waals surface area contributed by atoms with E-state index >= 15 is 0 Å². The van der Waals surface area contributed by atoms with E-state index in [1.807, 2.05) is 24.3 Å². The van der Waals surface area contributed by atoms with Gasteiger partial charge in [-0.1, -0.05) is 28.1 Å². The van der Waals surface area contributed by atoms with Gasteiger partial charge in [0.15, 0.2) is 5.69 Å². The lowest BCUT2D eigenvalue weighted by molar-refractivity contribution is 0.0518. The molecular formula is C13H13BrN2O2. The first kappa shape index (κ1) is 12.8. The zero-order chi connectivity index (χ0) is 13.1. The average molecular weight is 309 g/mol. The number of hydrogen-bond acceptors (Lipinski definition) is 3. The summed E-state index contributed by atoms with van der Waals surface area (Å²) in [4.78, 5) is 11.6. The molecule has 0 aliphatic rings. The van der Waals surface area contributed by atoms with Crippen molar-refractivity contribution in [2.75, 3.05) is 6.61 Å². The van der Waals surface area contributed by atoms with Gasteiger partial charge in [0.1, 0.15) is 0 Å². The molecule has 0 saturated heterocycles. The summed E-state index contributed by atoms with van der Waals surface area (Å²) < 4.78 is 7.62. The summed E-state index contributed by atoms with van der Waals surface area (Å²) in [6.07, 6.45) is 0. The second-order valence-corrected chi connectivity index (χ2v) is 4.68. The minimum Gasteiger partial charge on any atom is -0.461 e. The summed E-state index contributed by atoms with van der Waals surface area (Å²) in [5.41, 5.74) is 2.21. The molecule has 2 aromatic rings. The van der Waals surface area contributed by atoms with Crippen molar-refractivity contribution in [2.24, 2.45) is 7.05 Å². The van der Waals surface area contributed by atoms with Gasteiger partial charge in [0.2, 0.25) is 0 Å². The van der Waals surface area contributed by atoms with E-state index in [4.69, 9.17) is 4.74 Å². The molecule has 0 atom stereocenters. The van der Waals surface area contributed by atoms with Crippen molar-refractivity contribution >= 4 is 21.9 Å². The van der Waals surface area contributed by atoms with E-state index in [1.165, 1.54) is 0 Å². The van der Waals surface area contributed by atoms with Gasteiger partial charge < -0.3 is 4.74 Å². The maximum absolute atomic E-state index is 11.6. The molecule has 0 aliphatic carbocycles. The van der Waals surface area contributed by atoms with Crippen LogP contribution in [0.4, 0.5) is 0 Å². The van der Waals surface area contributed by atoms with Crippen LogP contribution < -0.4 is 0 Å². The number of hydrogen-bond donors (Lipinski definition) is 0. The molecule has 1 heterocycles. The number of rotatable bonds is 3. The highest BCUT2D eigenvalue weighted by Gasteiger charge is 2.14. The fourth-order valence-electron chi connectivity index (χ4n) is 1.66. The molecule has 94 valence electrons. The van der Waals surface area contributed by atoms with Gasteiger partial charge in [0.05, 0.1) is 12.3 Å². The highest BCUT2D eigenvalue weighted by Crippen LogP contribution is 2.22. The first-order chi connectivity index (χ1) is 8.61. The number of nitrogens with zero attached hydrogens (tertiary/aromatic N) is 2. The molecule has 18 heavy (non-hydrogen) atoms. The molecule has 0 fully saturated rings. The number of ether oxygens (including phenoxy) is 1. The number of aryl methyl sites for hydroxylation is 1. The van der Waals surface area contributed by atoms with Gasteiger partial charge in [-0.05, 0) is 30.7 Å². The van der Waals surface area contributed by atoms with Crippen LogP contribution in [0.25, 0.3) is 11.3 Å². The zero-order valence-corrected chi connectivity index (χ0v) is 11.8. The third-order valence-electron chi connectivity index (χ3n) is 2.50. The summed E-state index contributed by atoms with van der Waals surface area (Å²) in [6.45, 7) is 2.12. The first-order valence-electron chi connectivity index (χ1n) is 5.59. The van der Waals surface area contributed by atoms with Crippen molar-refractivity contribution in [3.05, 3.63) is 40.5 Å². The third-order valence-corrected chi connectivity index (χ3v) is 3.03. The summed E-state index contributed by atoms with van der Waals surface area (Å²) in [5, 5.41) is 4.16. The van der Waals surface area contributed by atoms with E-state index in [1.54, 1.807) is 24.7 Å². The van der Waals surface area contributed by atoms with Crippen LogP contribution in [0.3, 0.4) is 0 Å². The van der Waals surface area contributed by atoms with Gasteiger partial charge in [-0.2, -0.15) is 5.10 Å². The van der Waals surface area contributed by atoms with Crippen molar-refractivity contribution < 1.29 is 9.53 Å². The Bertz CT molecular complexity index is 561. The van der Waals surface area contributed by atoms with E-state index in [2.05, 4.69) is 21.0 Å². The highest BCUT2D eigenvalue weighted by atomic mass is 79.9. The normalized spacial score (nSPS) is 10.4. The van der Waals surface area contributed by atoms with E-state index in [0.717, 1.165) is 15.7 Å². The molecule has 0 spiro atoms. The van der Waals surface area contributed by atoms with Crippen molar-refractivity contribution in [1.82, 2.24) is 9.78 Å². The van der Waals surface area contributed by atoms with Crippen molar-refractivity contribution in [3.8, 4) is 11.3 Å². The molecule has 0 bridgehead atoms. The van der Waals surface area contributed by atoms with E-state index < -0.39 is 5.97 Å². The number of carbonyl (C=O) groups is 1. The molecule has 0 radical (unpaired) electrons. The molecule has 4 nitrogen and oxygen atoms in total. The SMILES string of the molecule is CCOC(=O)c1cc(-c2ccc(Br)cc2)n(C)n1. The Morgan fingerprint density at radius 1 is 1.39 bits per heavy atom. The highest BCUT2D eigenvalue weighted by molar-refractivity contribution is 9.10. The molecule has 1 aromatic heterocycles. The molecule has 0 unspecified atom stereocenters. The molecule has 0 aliphatic heterocycles. The van der Waals surface area contributed by atoms with Gasteiger partial charge >= 0.3 is 5.97 Å². The Labute approximate surface area is 114 Å². The van der Waals surface area contributed by atoms with Crippen LogP contribution in [0.15, 0.2) is 34.8 Å². The van der Waals surface area contributed by atoms with Crippen LogP contribution in [0.2, 0.25) is 0 Å². The Morgan fingerprint density at radius 3 is 2.67 bits per heavy atom. The smallest absolute Gasteiger partial charge is 0.358 e. The van der Waals surface area contributed by atoms with Crippen LogP contribution in [0, 0.1) is 0 Å². The molecule has 0 saturated carbocycles. The lowest BCUT2D eigenvalue weighted by atomic mass is 10.1. The van der Waals surface area contributed by atoms with Crippen LogP contribution in [0.1, 0.15) is 17.4 Å². The number of carbonyl (C=O) groups excluding carboxylic acids is 1. The van der Waals surface area contributed by atoms with Gasteiger partial charge in [-0.25, -0.2) is 4.79 Å². The van der Waals surface area contributed by atoms with E-state index in [9.17, 15) is 4.79 Å². The predicted octanol–water partition coefficient (Wildman–Crippen LogP) is 3.03. The minimum absolute atomic E-state index is 0.331. The van der Waals surface area contributed by atoms with Gasteiger partial charge in [0, 0.05) is 11.5 Å². The second kappa shape index (κ2) is 5.35. The van der Waals surface area contributed by atoms with Gasteiger partial charge in [-0.15, -0.1) is 0 Å². The predicted molar refractivity (Wildman–Crippen MR) is 72.3 cm³/mol. The van der Waals surface area contributed by atoms with Crippen LogP contribution >= 0.6 is 15.9 Å². The zero-order valence-electron chi connectivity index (χ0n) is 10.2. The number of aromatic nitrogens is 2. The quantitative estimate of drug-likeness (QED) is 0.819. The van der Waals surface area contributed by atoms with E-state index in [-0.39, 0.29) is 0 Å². The fraction of sp³-hybridized carbons (Fsp3) is 0.231. The van der Waals surface area contributed by atoms with Crippen LogP contribution in [-0.4, -0.2) is 22.4 Å². The second-order valence-electron chi connectivity index (χ2n) is 3.77. The monoisotopic (exact) mass is 308 g/mol. The van der Waals surface area contributed by atoms with Crippen LogP contribution in [-0.2, 0) is 11.8 Å². The standard InChI is InChI=1S/C13H13BrN2O2/c1-3-18-13(17)11-8-12(16(2)15-11)9-4-6-10(14)7-5-9/h4-8H,3H2,1-2H3. The average Bonchev–Trinajstić information content (AvgIpc) is 2.73. The fourth-order valence-corrected chi connectivity index (χ4v) is 1.93. The van der Waals surface area contributed by atoms with Crippen molar-refractivity contribution in [2.45, 2.75) is 6.92 Å². The summed E-state index contributed by atoms with van der Waals surface area (Å²) in [7, 11) is 1.81. The number of halogens is 1. The maximum atomic E-state index is 11.6. The molecule has 0 N–H and O–H groups in total. The molecule has 5 heteroatoms. The third kappa shape index (κ3) is 2.61. The van der Waals surface area contributed by atoms with Crippen molar-refractivity contribution in [3.63, 3.8) is 0 Å². The van der Waals surface area contributed by atoms with Gasteiger partial charge in [0.25, 0.3) is 0 Å². The number of benzene rings is 1. The lowest BCUT2D eigenvalue weighted by Gasteiger charge is -2.01. The molecular weight excluding hydrogens is 296 g/mol. The number of esters is 1. The summed E-state index contributed by atoms with van der Waals surface area (Å²) >= 11 is 3.39. The Morgan fingerprint density at radius 2 is 2.06 bits per heavy atom. The van der Waals surface area contributed by atoms with E-state index in [0.29, 0.717) is 12.3 Å². The van der Waals surface area contributed by atoms with Gasteiger partial charge in [-0.3, -0.25) is 4.68 Å². The Hall–Kier alpha value is -1.62. The first-order valence-corrected chi connectivity index (χ1v) is 6.38. The topological polar surface area (TPSA) is 44.1 Å². The largest absolute Gasteiger partial charge is 0.461 e. The minimum atomic E-state index is -0.392. The van der Waals surface area contributed by atoms with Crippen LogP contribution in [0.5, 0.6) is 0 Å².